The molecule has 23 heavy (non-hydrogen) atoms. The molecule has 1 aliphatic rings. The minimum Gasteiger partial charge on any atom is -0.497 e. The van der Waals surface area contributed by atoms with E-state index in [2.05, 4.69) is 18.2 Å². The molecule has 0 radical (unpaired) electrons. The van der Waals surface area contributed by atoms with Crippen molar-refractivity contribution in [2.45, 2.75) is 46.0 Å². The van der Waals surface area contributed by atoms with E-state index in [1.54, 1.807) is 7.11 Å². The zero-order valence-electron chi connectivity index (χ0n) is 14.2. The van der Waals surface area contributed by atoms with E-state index in [-0.39, 0.29) is 0 Å². The van der Waals surface area contributed by atoms with Crippen molar-refractivity contribution < 1.29 is 14.2 Å². The van der Waals surface area contributed by atoms with Crippen LogP contribution >= 0.6 is 0 Å². The van der Waals surface area contributed by atoms with Crippen LogP contribution in [-0.4, -0.2) is 17.9 Å². The maximum absolute atomic E-state index is 5.89. The Morgan fingerprint density at radius 1 is 1.17 bits per heavy atom. The normalized spacial score (nSPS) is 15.7. The Labute approximate surface area is 137 Å². The van der Waals surface area contributed by atoms with Crippen LogP contribution in [0.15, 0.2) is 30.3 Å². The van der Waals surface area contributed by atoms with Crippen LogP contribution < -0.4 is 9.47 Å². The molecule has 122 valence electrons. The van der Waals surface area contributed by atoms with Gasteiger partial charge in [0.15, 0.2) is 0 Å². The molecule has 0 unspecified atom stereocenters. The van der Waals surface area contributed by atoms with Crippen LogP contribution in [0, 0.1) is 6.92 Å². The van der Waals surface area contributed by atoms with E-state index in [4.69, 9.17) is 19.2 Å². The summed E-state index contributed by atoms with van der Waals surface area (Å²) in [5.41, 5.74) is 4.37. The highest BCUT2D eigenvalue weighted by Crippen LogP contribution is 2.33. The number of aryl methyl sites for hydroxylation is 3. The van der Waals surface area contributed by atoms with Crippen molar-refractivity contribution in [1.29, 1.82) is 0 Å². The standard InChI is InChI=1S/C19H23NO3/c1-13-18-15(12-22-19(2,3)23-18)11-16(20-13)8-5-14-6-9-17(21-4)10-7-14/h6-7,9-11H,5,8,12H2,1-4H3. The minimum atomic E-state index is -0.579. The number of pyridine rings is 1. The molecule has 0 atom stereocenters. The minimum absolute atomic E-state index is 0.571. The first-order valence-corrected chi connectivity index (χ1v) is 7.92. The third-order valence-electron chi connectivity index (χ3n) is 4.02. The number of benzene rings is 1. The van der Waals surface area contributed by atoms with Gasteiger partial charge < -0.3 is 14.2 Å². The highest BCUT2D eigenvalue weighted by atomic mass is 16.7. The van der Waals surface area contributed by atoms with Crippen molar-refractivity contribution >= 4 is 0 Å². The van der Waals surface area contributed by atoms with Crippen LogP contribution in [0.3, 0.4) is 0 Å². The fourth-order valence-corrected chi connectivity index (χ4v) is 2.76. The Balaban J connectivity index is 1.73. The van der Waals surface area contributed by atoms with Gasteiger partial charge in [0.25, 0.3) is 0 Å². The fraction of sp³-hybridized carbons (Fsp3) is 0.421. The van der Waals surface area contributed by atoms with Gasteiger partial charge in [0.2, 0.25) is 5.79 Å². The highest BCUT2D eigenvalue weighted by Gasteiger charge is 2.29. The second-order valence-corrected chi connectivity index (χ2v) is 6.33. The molecule has 1 aliphatic heterocycles. The monoisotopic (exact) mass is 313 g/mol. The van der Waals surface area contributed by atoms with Crippen LogP contribution in [-0.2, 0) is 24.2 Å². The third kappa shape index (κ3) is 3.64. The second-order valence-electron chi connectivity index (χ2n) is 6.33. The Hall–Kier alpha value is -2.07. The molecule has 4 nitrogen and oxygen atoms in total. The maximum Gasteiger partial charge on any atom is 0.205 e. The lowest BCUT2D eigenvalue weighted by atomic mass is 10.0. The van der Waals surface area contributed by atoms with E-state index in [0.29, 0.717) is 6.61 Å². The zero-order valence-corrected chi connectivity index (χ0v) is 14.2. The molecule has 2 heterocycles. The largest absolute Gasteiger partial charge is 0.497 e. The van der Waals surface area contributed by atoms with Gasteiger partial charge in [-0.3, -0.25) is 4.98 Å². The third-order valence-corrected chi connectivity index (χ3v) is 4.02. The predicted molar refractivity (Wildman–Crippen MR) is 88.9 cm³/mol. The van der Waals surface area contributed by atoms with Crippen molar-refractivity contribution in [1.82, 2.24) is 4.98 Å². The van der Waals surface area contributed by atoms with Gasteiger partial charge in [-0.2, -0.15) is 0 Å². The Bertz CT molecular complexity index is 693. The number of rotatable bonds is 4. The number of fused-ring (bicyclic) bond motifs is 1. The van der Waals surface area contributed by atoms with Gasteiger partial charge >= 0.3 is 0 Å². The first kappa shape index (κ1) is 15.8. The number of nitrogens with zero attached hydrogens (tertiary/aromatic N) is 1. The Morgan fingerprint density at radius 3 is 2.61 bits per heavy atom. The Kier molecular flexibility index (Phi) is 4.26. The number of hydrogen-bond acceptors (Lipinski definition) is 4. The maximum atomic E-state index is 5.89. The number of aromatic nitrogens is 1. The molecule has 0 N–H and O–H groups in total. The molecule has 0 saturated heterocycles. The summed E-state index contributed by atoms with van der Waals surface area (Å²) in [5, 5.41) is 0. The van der Waals surface area contributed by atoms with Crippen molar-refractivity contribution in [3.05, 3.63) is 52.8 Å². The molecular weight excluding hydrogens is 290 g/mol. The molecular formula is C19H23NO3. The molecule has 0 spiro atoms. The average molecular weight is 313 g/mol. The van der Waals surface area contributed by atoms with Crippen LogP contribution in [0.5, 0.6) is 11.5 Å². The summed E-state index contributed by atoms with van der Waals surface area (Å²) in [6, 6.07) is 10.3. The van der Waals surface area contributed by atoms with Gasteiger partial charge in [0.1, 0.15) is 11.5 Å². The van der Waals surface area contributed by atoms with Crippen LogP contribution in [0.2, 0.25) is 0 Å². The van der Waals surface area contributed by atoms with E-state index in [9.17, 15) is 0 Å². The van der Waals surface area contributed by atoms with Crippen LogP contribution in [0.1, 0.15) is 36.4 Å². The van der Waals surface area contributed by atoms with Crippen molar-refractivity contribution in [2.24, 2.45) is 0 Å². The summed E-state index contributed by atoms with van der Waals surface area (Å²) in [7, 11) is 1.68. The van der Waals surface area contributed by atoms with E-state index in [0.717, 1.165) is 41.3 Å². The molecule has 2 aromatic rings. The summed E-state index contributed by atoms with van der Waals surface area (Å²) in [4.78, 5) is 4.70. The first-order valence-electron chi connectivity index (χ1n) is 7.92. The van der Waals surface area contributed by atoms with Gasteiger partial charge in [0.05, 0.1) is 19.4 Å². The summed E-state index contributed by atoms with van der Waals surface area (Å²) < 4.78 is 16.8. The quantitative estimate of drug-likeness (QED) is 0.860. The predicted octanol–water partition coefficient (Wildman–Crippen LogP) is 3.83. The van der Waals surface area contributed by atoms with Crippen LogP contribution in [0.4, 0.5) is 0 Å². The summed E-state index contributed by atoms with van der Waals surface area (Å²) in [5.74, 6) is 1.17. The topological polar surface area (TPSA) is 40.6 Å². The smallest absolute Gasteiger partial charge is 0.205 e. The van der Waals surface area contributed by atoms with E-state index in [1.165, 1.54) is 5.56 Å². The lowest BCUT2D eigenvalue weighted by Gasteiger charge is -2.33. The molecule has 1 aromatic heterocycles. The van der Waals surface area contributed by atoms with Gasteiger partial charge in [-0.05, 0) is 43.5 Å². The molecule has 0 bridgehead atoms. The molecule has 3 rings (SSSR count). The molecule has 4 heteroatoms. The molecule has 0 saturated carbocycles. The van der Waals surface area contributed by atoms with Crippen molar-refractivity contribution in [3.63, 3.8) is 0 Å². The lowest BCUT2D eigenvalue weighted by molar-refractivity contribution is -0.180. The summed E-state index contributed by atoms with van der Waals surface area (Å²) in [6.45, 7) is 6.41. The van der Waals surface area contributed by atoms with E-state index < -0.39 is 5.79 Å². The number of ether oxygens (including phenoxy) is 3. The number of hydrogen-bond donors (Lipinski definition) is 0. The molecule has 0 aliphatic carbocycles. The SMILES string of the molecule is COc1ccc(CCc2cc3c(c(C)n2)OC(C)(C)OC3)cc1. The molecule has 1 aromatic carbocycles. The fourth-order valence-electron chi connectivity index (χ4n) is 2.76. The van der Waals surface area contributed by atoms with E-state index >= 15 is 0 Å². The lowest BCUT2D eigenvalue weighted by Crippen LogP contribution is -2.36. The highest BCUT2D eigenvalue weighted by molar-refractivity contribution is 5.40. The number of methoxy groups -OCH3 is 1. The van der Waals surface area contributed by atoms with Gasteiger partial charge in [-0.15, -0.1) is 0 Å². The van der Waals surface area contributed by atoms with Crippen LogP contribution in [0.25, 0.3) is 0 Å². The summed E-state index contributed by atoms with van der Waals surface area (Å²) >= 11 is 0. The van der Waals surface area contributed by atoms with Crippen molar-refractivity contribution in [3.8, 4) is 11.5 Å². The first-order chi connectivity index (χ1) is 11.0. The van der Waals surface area contributed by atoms with E-state index in [1.807, 2.05) is 32.9 Å². The van der Waals surface area contributed by atoms with Crippen molar-refractivity contribution in [2.75, 3.05) is 7.11 Å². The van der Waals surface area contributed by atoms with Gasteiger partial charge in [0, 0.05) is 25.1 Å². The molecule has 0 fully saturated rings. The molecule has 0 amide bonds. The second kappa shape index (κ2) is 6.20. The van der Waals surface area contributed by atoms with Gasteiger partial charge in [-0.25, -0.2) is 0 Å². The average Bonchev–Trinajstić information content (AvgIpc) is 2.54. The Morgan fingerprint density at radius 2 is 1.91 bits per heavy atom. The summed E-state index contributed by atoms with van der Waals surface area (Å²) in [6.07, 6.45) is 1.84. The zero-order chi connectivity index (χ0) is 16.4. The van der Waals surface area contributed by atoms with Gasteiger partial charge in [-0.1, -0.05) is 12.1 Å².